The fourth-order valence-corrected chi connectivity index (χ4v) is 1.54. The molecule has 90 valence electrons. The van der Waals surface area contributed by atoms with Gasteiger partial charge in [0.2, 0.25) is 0 Å². The summed E-state index contributed by atoms with van der Waals surface area (Å²) in [6.07, 6.45) is 0.723. The molecule has 0 aliphatic rings. The van der Waals surface area contributed by atoms with E-state index in [1.807, 2.05) is 32.9 Å². The molecule has 0 fully saturated rings. The summed E-state index contributed by atoms with van der Waals surface area (Å²) in [7, 11) is 0. The highest BCUT2D eigenvalue weighted by Gasteiger charge is 2.05. The Balaban J connectivity index is 2.57. The second kappa shape index (κ2) is 6.48. The number of hydrogen-bond acceptors (Lipinski definition) is 2. The van der Waals surface area contributed by atoms with E-state index in [1.54, 1.807) is 6.07 Å². The van der Waals surface area contributed by atoms with Crippen LogP contribution in [-0.2, 0) is 11.2 Å². The van der Waals surface area contributed by atoms with Gasteiger partial charge in [0.15, 0.2) is 0 Å². The number of anilines is 1. The van der Waals surface area contributed by atoms with Crippen LogP contribution in [0.25, 0.3) is 0 Å². The molecule has 1 unspecified atom stereocenters. The summed E-state index contributed by atoms with van der Waals surface area (Å²) in [5, 5.41) is 3.20. The average Bonchev–Trinajstić information content (AvgIpc) is 2.26. The van der Waals surface area contributed by atoms with Crippen LogP contribution < -0.4 is 5.32 Å². The minimum absolute atomic E-state index is 0.142. The molecule has 16 heavy (non-hydrogen) atoms. The van der Waals surface area contributed by atoms with Gasteiger partial charge in [-0.15, -0.1) is 0 Å². The largest absolute Gasteiger partial charge is 0.380 e. The second-order valence-corrected chi connectivity index (χ2v) is 3.86. The van der Waals surface area contributed by atoms with E-state index in [2.05, 4.69) is 5.32 Å². The van der Waals surface area contributed by atoms with Crippen LogP contribution in [0.15, 0.2) is 18.2 Å². The molecule has 1 aromatic carbocycles. The molecular weight excluding hydrogens is 205 g/mol. The highest BCUT2D eigenvalue weighted by atomic mass is 19.1. The second-order valence-electron chi connectivity index (χ2n) is 3.86. The van der Waals surface area contributed by atoms with Gasteiger partial charge in [-0.05, 0) is 38.0 Å². The van der Waals surface area contributed by atoms with Crippen molar-refractivity contribution >= 4 is 5.69 Å². The van der Waals surface area contributed by atoms with Gasteiger partial charge in [0.05, 0.1) is 6.61 Å². The Labute approximate surface area is 96.8 Å². The maximum absolute atomic E-state index is 13.5. The zero-order chi connectivity index (χ0) is 12.0. The highest BCUT2D eigenvalue weighted by Crippen LogP contribution is 2.15. The molecule has 0 amide bonds. The predicted octanol–water partition coefficient (Wildman–Crippen LogP) is 3.23. The van der Waals surface area contributed by atoms with Gasteiger partial charge in [0.1, 0.15) is 5.82 Å². The summed E-state index contributed by atoms with van der Waals surface area (Å²) in [6.45, 7) is 7.26. The number of ether oxygens (including phenoxy) is 1. The molecular formula is C13H20FNO. The van der Waals surface area contributed by atoms with Gasteiger partial charge in [-0.25, -0.2) is 4.39 Å². The number of rotatable bonds is 6. The molecule has 0 saturated carbocycles. The van der Waals surface area contributed by atoms with Gasteiger partial charge >= 0.3 is 0 Å². The Morgan fingerprint density at radius 3 is 2.69 bits per heavy atom. The van der Waals surface area contributed by atoms with E-state index in [-0.39, 0.29) is 11.9 Å². The van der Waals surface area contributed by atoms with E-state index in [4.69, 9.17) is 4.74 Å². The summed E-state index contributed by atoms with van der Waals surface area (Å²) in [4.78, 5) is 0. The lowest BCUT2D eigenvalue weighted by molar-refractivity contribution is 0.141. The first-order valence-electron chi connectivity index (χ1n) is 5.80. The molecule has 0 saturated heterocycles. The van der Waals surface area contributed by atoms with Crippen LogP contribution in [0.4, 0.5) is 10.1 Å². The molecule has 0 bridgehead atoms. The molecule has 1 atom stereocenters. The van der Waals surface area contributed by atoms with Crippen LogP contribution in [0.2, 0.25) is 0 Å². The van der Waals surface area contributed by atoms with Crippen LogP contribution in [-0.4, -0.2) is 19.3 Å². The van der Waals surface area contributed by atoms with Gasteiger partial charge in [-0.1, -0.05) is 13.0 Å². The van der Waals surface area contributed by atoms with Crippen molar-refractivity contribution in [1.29, 1.82) is 0 Å². The lowest BCUT2D eigenvalue weighted by atomic mass is 10.1. The molecule has 0 heterocycles. The Bertz CT molecular complexity index is 328. The number of hydrogen-bond donors (Lipinski definition) is 1. The van der Waals surface area contributed by atoms with Gasteiger partial charge < -0.3 is 10.1 Å². The van der Waals surface area contributed by atoms with Crippen molar-refractivity contribution in [2.45, 2.75) is 33.2 Å². The van der Waals surface area contributed by atoms with E-state index < -0.39 is 0 Å². The fourth-order valence-electron chi connectivity index (χ4n) is 1.54. The van der Waals surface area contributed by atoms with Crippen molar-refractivity contribution in [2.75, 3.05) is 18.5 Å². The first-order chi connectivity index (χ1) is 7.67. The zero-order valence-electron chi connectivity index (χ0n) is 10.2. The fraction of sp³-hybridized carbons (Fsp3) is 0.538. The molecule has 1 N–H and O–H groups in total. The van der Waals surface area contributed by atoms with Crippen LogP contribution in [0.3, 0.4) is 0 Å². The van der Waals surface area contributed by atoms with Gasteiger partial charge in [0, 0.05) is 18.3 Å². The van der Waals surface area contributed by atoms with Gasteiger partial charge in [0.25, 0.3) is 0 Å². The number of halogens is 1. The zero-order valence-corrected chi connectivity index (χ0v) is 10.2. The Kier molecular flexibility index (Phi) is 5.26. The van der Waals surface area contributed by atoms with Gasteiger partial charge in [-0.2, -0.15) is 0 Å². The van der Waals surface area contributed by atoms with Crippen LogP contribution in [0, 0.1) is 5.82 Å². The minimum atomic E-state index is -0.142. The SMILES string of the molecule is CCOCC(C)Nc1ccc(CC)c(F)c1. The predicted molar refractivity (Wildman–Crippen MR) is 65.4 cm³/mol. The molecule has 0 spiro atoms. The van der Waals surface area contributed by atoms with E-state index in [0.29, 0.717) is 13.2 Å². The Hall–Kier alpha value is -1.09. The number of aryl methyl sites for hydroxylation is 1. The monoisotopic (exact) mass is 225 g/mol. The summed E-state index contributed by atoms with van der Waals surface area (Å²) in [5.74, 6) is -0.142. The van der Waals surface area contributed by atoms with Crippen molar-refractivity contribution in [3.8, 4) is 0 Å². The minimum Gasteiger partial charge on any atom is -0.380 e. The molecule has 0 radical (unpaired) electrons. The molecule has 0 aliphatic heterocycles. The number of benzene rings is 1. The third-order valence-electron chi connectivity index (χ3n) is 2.42. The van der Waals surface area contributed by atoms with Crippen LogP contribution in [0.5, 0.6) is 0 Å². The van der Waals surface area contributed by atoms with Crippen molar-refractivity contribution in [3.63, 3.8) is 0 Å². The van der Waals surface area contributed by atoms with E-state index in [9.17, 15) is 4.39 Å². The summed E-state index contributed by atoms with van der Waals surface area (Å²) >= 11 is 0. The number of nitrogens with one attached hydrogen (secondary N) is 1. The van der Waals surface area contributed by atoms with Crippen molar-refractivity contribution in [1.82, 2.24) is 0 Å². The van der Waals surface area contributed by atoms with E-state index in [1.165, 1.54) is 0 Å². The molecule has 0 aromatic heterocycles. The summed E-state index contributed by atoms with van der Waals surface area (Å²) in [5.41, 5.74) is 1.56. The lowest BCUT2D eigenvalue weighted by Gasteiger charge is -2.15. The molecule has 0 aliphatic carbocycles. The molecule has 3 heteroatoms. The van der Waals surface area contributed by atoms with Crippen LogP contribution in [0.1, 0.15) is 26.3 Å². The van der Waals surface area contributed by atoms with Crippen molar-refractivity contribution < 1.29 is 9.13 Å². The maximum Gasteiger partial charge on any atom is 0.128 e. The first kappa shape index (κ1) is 13.0. The topological polar surface area (TPSA) is 21.3 Å². The standard InChI is InChI=1S/C13H20FNO/c1-4-11-6-7-12(8-13(11)14)15-10(3)9-16-5-2/h6-8,10,15H,4-5,9H2,1-3H3. The smallest absolute Gasteiger partial charge is 0.128 e. The molecule has 1 aromatic rings. The average molecular weight is 225 g/mol. The quantitative estimate of drug-likeness (QED) is 0.802. The van der Waals surface area contributed by atoms with Gasteiger partial charge in [-0.3, -0.25) is 0 Å². The Morgan fingerprint density at radius 2 is 2.12 bits per heavy atom. The Morgan fingerprint density at radius 1 is 1.38 bits per heavy atom. The molecule has 1 rings (SSSR count). The maximum atomic E-state index is 13.5. The third-order valence-corrected chi connectivity index (χ3v) is 2.42. The van der Waals surface area contributed by atoms with Crippen LogP contribution >= 0.6 is 0 Å². The summed E-state index contributed by atoms with van der Waals surface area (Å²) in [6, 6.07) is 5.46. The van der Waals surface area contributed by atoms with E-state index in [0.717, 1.165) is 17.7 Å². The molecule has 2 nitrogen and oxygen atoms in total. The third kappa shape index (κ3) is 3.81. The van der Waals surface area contributed by atoms with E-state index >= 15 is 0 Å². The summed E-state index contributed by atoms with van der Waals surface area (Å²) < 4.78 is 18.8. The van der Waals surface area contributed by atoms with Crippen molar-refractivity contribution in [2.24, 2.45) is 0 Å². The highest BCUT2D eigenvalue weighted by molar-refractivity contribution is 5.46. The lowest BCUT2D eigenvalue weighted by Crippen LogP contribution is -2.21. The first-order valence-corrected chi connectivity index (χ1v) is 5.80. The van der Waals surface area contributed by atoms with Crippen molar-refractivity contribution in [3.05, 3.63) is 29.6 Å². The normalized spacial score (nSPS) is 12.5.